The first-order chi connectivity index (χ1) is 7.79. The van der Waals surface area contributed by atoms with E-state index in [1.54, 1.807) is 5.51 Å². The van der Waals surface area contributed by atoms with Gasteiger partial charge in [-0.25, -0.2) is 4.98 Å². The molecule has 0 aliphatic heterocycles. The molecule has 0 radical (unpaired) electrons. The Hall–Kier alpha value is -0.900. The van der Waals surface area contributed by atoms with E-state index < -0.39 is 0 Å². The number of aromatic nitrogens is 1. The van der Waals surface area contributed by atoms with Crippen molar-refractivity contribution < 1.29 is 4.79 Å². The molecule has 17 heavy (non-hydrogen) atoms. The van der Waals surface area contributed by atoms with E-state index in [-0.39, 0.29) is 11.3 Å². The van der Waals surface area contributed by atoms with Gasteiger partial charge in [0, 0.05) is 18.5 Å². The second-order valence-corrected chi connectivity index (χ2v) is 6.73. The van der Waals surface area contributed by atoms with Gasteiger partial charge in [-0.15, -0.1) is 11.3 Å². The Kier molecular flexibility index (Phi) is 4.69. The number of nitrogens with zero attached hydrogens (tertiary/aromatic N) is 2. The molecule has 0 saturated heterocycles. The standard InChI is InChI=1S/C13H22N2OS/c1-10(2)6-15(8-13(3,4)5)12(16)11-7-17-9-14-11/h7,9-10H,6,8H2,1-5H3. The highest BCUT2D eigenvalue weighted by molar-refractivity contribution is 7.07. The Morgan fingerprint density at radius 3 is 2.53 bits per heavy atom. The van der Waals surface area contributed by atoms with Crippen LogP contribution in [0.25, 0.3) is 0 Å². The number of hydrogen-bond acceptors (Lipinski definition) is 3. The van der Waals surface area contributed by atoms with E-state index in [0.29, 0.717) is 11.6 Å². The van der Waals surface area contributed by atoms with Crippen LogP contribution in [0.2, 0.25) is 0 Å². The van der Waals surface area contributed by atoms with Crippen LogP contribution >= 0.6 is 11.3 Å². The number of thiazole rings is 1. The van der Waals surface area contributed by atoms with Crippen molar-refractivity contribution in [2.24, 2.45) is 11.3 Å². The molecule has 1 amide bonds. The zero-order chi connectivity index (χ0) is 13.1. The second kappa shape index (κ2) is 5.63. The molecule has 4 heteroatoms. The molecule has 96 valence electrons. The molecule has 0 saturated carbocycles. The Labute approximate surface area is 108 Å². The number of amides is 1. The van der Waals surface area contributed by atoms with Crippen LogP contribution in [-0.4, -0.2) is 28.9 Å². The molecule has 0 aromatic carbocycles. The molecule has 1 aromatic rings. The molecule has 0 unspecified atom stereocenters. The maximum Gasteiger partial charge on any atom is 0.273 e. The molecule has 0 N–H and O–H groups in total. The van der Waals surface area contributed by atoms with Gasteiger partial charge in [0.25, 0.3) is 5.91 Å². The van der Waals surface area contributed by atoms with Crippen LogP contribution < -0.4 is 0 Å². The minimum Gasteiger partial charge on any atom is -0.337 e. The van der Waals surface area contributed by atoms with Crippen molar-refractivity contribution in [2.75, 3.05) is 13.1 Å². The smallest absolute Gasteiger partial charge is 0.273 e. The SMILES string of the molecule is CC(C)CN(CC(C)(C)C)C(=O)c1cscn1. The van der Waals surface area contributed by atoms with Crippen molar-refractivity contribution in [3.8, 4) is 0 Å². The van der Waals surface area contributed by atoms with E-state index in [0.717, 1.165) is 13.1 Å². The van der Waals surface area contributed by atoms with E-state index in [2.05, 4.69) is 39.6 Å². The Morgan fingerprint density at radius 2 is 2.12 bits per heavy atom. The molecule has 0 aliphatic rings. The van der Waals surface area contributed by atoms with Gasteiger partial charge in [0.1, 0.15) is 5.69 Å². The summed E-state index contributed by atoms with van der Waals surface area (Å²) in [5, 5.41) is 1.82. The fourth-order valence-electron chi connectivity index (χ4n) is 1.71. The van der Waals surface area contributed by atoms with Crippen LogP contribution in [0.15, 0.2) is 10.9 Å². The van der Waals surface area contributed by atoms with Gasteiger partial charge in [-0.3, -0.25) is 4.79 Å². The normalized spacial score (nSPS) is 11.9. The largest absolute Gasteiger partial charge is 0.337 e. The molecular weight excluding hydrogens is 232 g/mol. The summed E-state index contributed by atoms with van der Waals surface area (Å²) in [5.41, 5.74) is 2.39. The van der Waals surface area contributed by atoms with Crippen molar-refractivity contribution in [2.45, 2.75) is 34.6 Å². The van der Waals surface area contributed by atoms with Crippen molar-refractivity contribution >= 4 is 17.2 Å². The highest BCUT2D eigenvalue weighted by Crippen LogP contribution is 2.18. The number of rotatable bonds is 4. The first-order valence-corrected chi connectivity index (χ1v) is 6.91. The number of carbonyl (C=O) groups is 1. The zero-order valence-corrected chi connectivity index (χ0v) is 12.2. The maximum absolute atomic E-state index is 12.3. The molecule has 3 nitrogen and oxygen atoms in total. The van der Waals surface area contributed by atoms with Crippen LogP contribution in [0.5, 0.6) is 0 Å². The fourth-order valence-corrected chi connectivity index (χ4v) is 2.24. The number of hydrogen-bond donors (Lipinski definition) is 0. The van der Waals surface area contributed by atoms with Gasteiger partial charge in [0.05, 0.1) is 5.51 Å². The van der Waals surface area contributed by atoms with Crippen LogP contribution in [0.3, 0.4) is 0 Å². The molecule has 0 spiro atoms. The quantitative estimate of drug-likeness (QED) is 0.826. The summed E-state index contributed by atoms with van der Waals surface area (Å²) in [6.07, 6.45) is 0. The zero-order valence-electron chi connectivity index (χ0n) is 11.4. The number of carbonyl (C=O) groups excluding carboxylic acids is 1. The van der Waals surface area contributed by atoms with Gasteiger partial charge >= 0.3 is 0 Å². The summed E-state index contributed by atoms with van der Waals surface area (Å²) in [6, 6.07) is 0. The van der Waals surface area contributed by atoms with E-state index >= 15 is 0 Å². The third-order valence-electron chi connectivity index (χ3n) is 2.19. The van der Waals surface area contributed by atoms with Gasteiger partial charge < -0.3 is 4.90 Å². The van der Waals surface area contributed by atoms with Gasteiger partial charge in [0.2, 0.25) is 0 Å². The summed E-state index contributed by atoms with van der Waals surface area (Å²) in [7, 11) is 0. The average molecular weight is 254 g/mol. The molecule has 1 aromatic heterocycles. The third-order valence-corrected chi connectivity index (χ3v) is 2.78. The van der Waals surface area contributed by atoms with E-state index in [4.69, 9.17) is 0 Å². The van der Waals surface area contributed by atoms with E-state index in [1.807, 2.05) is 10.3 Å². The first-order valence-electron chi connectivity index (χ1n) is 5.97. The summed E-state index contributed by atoms with van der Waals surface area (Å²) in [5.74, 6) is 0.523. The molecule has 1 rings (SSSR count). The minimum absolute atomic E-state index is 0.0508. The predicted octanol–water partition coefficient (Wildman–Crippen LogP) is 3.29. The highest BCUT2D eigenvalue weighted by Gasteiger charge is 2.23. The maximum atomic E-state index is 12.3. The van der Waals surface area contributed by atoms with Gasteiger partial charge in [0.15, 0.2) is 0 Å². The highest BCUT2D eigenvalue weighted by atomic mass is 32.1. The summed E-state index contributed by atoms with van der Waals surface area (Å²) < 4.78 is 0. The molecule has 0 aliphatic carbocycles. The van der Waals surface area contributed by atoms with E-state index in [1.165, 1.54) is 11.3 Å². The Morgan fingerprint density at radius 1 is 1.47 bits per heavy atom. The van der Waals surface area contributed by atoms with Gasteiger partial charge in [-0.2, -0.15) is 0 Å². The fraction of sp³-hybridized carbons (Fsp3) is 0.692. The van der Waals surface area contributed by atoms with E-state index in [9.17, 15) is 4.79 Å². The lowest BCUT2D eigenvalue weighted by Crippen LogP contribution is -2.40. The van der Waals surface area contributed by atoms with Crippen LogP contribution in [0.4, 0.5) is 0 Å². The Balaban J connectivity index is 2.79. The summed E-state index contributed by atoms with van der Waals surface area (Å²) in [6.45, 7) is 12.3. The van der Waals surface area contributed by atoms with Crippen molar-refractivity contribution in [1.29, 1.82) is 0 Å². The monoisotopic (exact) mass is 254 g/mol. The van der Waals surface area contributed by atoms with Crippen LogP contribution in [0, 0.1) is 11.3 Å². The minimum atomic E-state index is 0.0508. The first kappa shape index (κ1) is 14.2. The Bertz CT molecular complexity index is 352. The summed E-state index contributed by atoms with van der Waals surface area (Å²) in [4.78, 5) is 18.3. The third kappa shape index (κ3) is 4.86. The lowest BCUT2D eigenvalue weighted by molar-refractivity contribution is 0.0666. The predicted molar refractivity (Wildman–Crippen MR) is 72.3 cm³/mol. The topological polar surface area (TPSA) is 33.2 Å². The average Bonchev–Trinajstić information content (AvgIpc) is 2.65. The van der Waals surface area contributed by atoms with Crippen LogP contribution in [-0.2, 0) is 0 Å². The lowest BCUT2D eigenvalue weighted by atomic mass is 9.95. The molecule has 1 heterocycles. The van der Waals surface area contributed by atoms with Crippen molar-refractivity contribution in [1.82, 2.24) is 9.88 Å². The van der Waals surface area contributed by atoms with Crippen molar-refractivity contribution in [3.05, 3.63) is 16.6 Å². The van der Waals surface area contributed by atoms with Gasteiger partial charge in [-0.05, 0) is 11.3 Å². The molecular formula is C13H22N2OS. The van der Waals surface area contributed by atoms with Crippen LogP contribution in [0.1, 0.15) is 45.1 Å². The molecule has 0 bridgehead atoms. The molecule has 0 atom stereocenters. The lowest BCUT2D eigenvalue weighted by Gasteiger charge is -2.30. The second-order valence-electron chi connectivity index (χ2n) is 6.01. The molecule has 0 fully saturated rings. The summed E-state index contributed by atoms with van der Waals surface area (Å²) >= 11 is 1.46. The van der Waals surface area contributed by atoms with Crippen molar-refractivity contribution in [3.63, 3.8) is 0 Å². The van der Waals surface area contributed by atoms with Gasteiger partial charge in [-0.1, -0.05) is 34.6 Å².